The number of thiophene rings is 1. The van der Waals surface area contributed by atoms with Gasteiger partial charge in [-0.15, -0.1) is 11.3 Å². The van der Waals surface area contributed by atoms with Crippen molar-refractivity contribution < 1.29 is 9.90 Å². The Balaban J connectivity index is 2.73. The molecule has 1 aromatic heterocycles. The molecule has 1 aromatic rings. The number of carbonyl (C=O) groups is 1. The summed E-state index contributed by atoms with van der Waals surface area (Å²) < 4.78 is 0. The van der Waals surface area contributed by atoms with Gasteiger partial charge >= 0.3 is 5.97 Å². The molecule has 0 aliphatic carbocycles. The Kier molecular flexibility index (Phi) is 4.35. The monoisotopic (exact) mass is 241 g/mol. The van der Waals surface area contributed by atoms with Crippen LogP contribution in [0, 0.1) is 18.8 Å². The van der Waals surface area contributed by atoms with E-state index in [1.54, 1.807) is 11.3 Å². The summed E-state index contributed by atoms with van der Waals surface area (Å²) >= 11 is 1.66. The van der Waals surface area contributed by atoms with Crippen LogP contribution in [0.25, 0.3) is 0 Å². The zero-order valence-electron chi connectivity index (χ0n) is 10.2. The molecular weight excluding hydrogens is 222 g/mol. The molecule has 4 heteroatoms. The molecule has 0 aliphatic rings. The molecule has 3 nitrogen and oxygen atoms in total. The molecule has 0 fully saturated rings. The third-order valence-corrected chi connectivity index (χ3v) is 3.90. The second-order valence-corrected chi connectivity index (χ2v) is 5.37. The molecule has 1 N–H and O–H groups in total. The van der Waals surface area contributed by atoms with Gasteiger partial charge in [-0.25, -0.2) is 0 Å². The van der Waals surface area contributed by atoms with Gasteiger partial charge in [-0.2, -0.15) is 0 Å². The normalized spacial score (nSPS) is 12.8. The van der Waals surface area contributed by atoms with E-state index in [-0.39, 0.29) is 11.8 Å². The van der Waals surface area contributed by atoms with E-state index in [9.17, 15) is 4.79 Å². The highest BCUT2D eigenvalue weighted by Crippen LogP contribution is 2.27. The number of hydrogen-bond donors (Lipinski definition) is 1. The van der Waals surface area contributed by atoms with E-state index in [1.165, 1.54) is 5.56 Å². The van der Waals surface area contributed by atoms with Gasteiger partial charge in [0.2, 0.25) is 0 Å². The fraction of sp³-hybridized carbons (Fsp3) is 0.583. The van der Waals surface area contributed by atoms with Gasteiger partial charge < -0.3 is 10.0 Å². The lowest BCUT2D eigenvalue weighted by Gasteiger charge is -2.25. The summed E-state index contributed by atoms with van der Waals surface area (Å²) in [6.45, 7) is 6.52. The molecule has 0 saturated carbocycles. The third kappa shape index (κ3) is 2.98. The molecule has 0 spiro atoms. The van der Waals surface area contributed by atoms with Crippen LogP contribution in [0.15, 0.2) is 11.4 Å². The Bertz CT molecular complexity index is 360. The van der Waals surface area contributed by atoms with Gasteiger partial charge in [0.1, 0.15) is 0 Å². The summed E-state index contributed by atoms with van der Waals surface area (Å²) in [6.07, 6.45) is 0. The topological polar surface area (TPSA) is 40.5 Å². The van der Waals surface area contributed by atoms with Crippen LogP contribution in [0.2, 0.25) is 0 Å². The Morgan fingerprint density at radius 3 is 2.56 bits per heavy atom. The maximum atomic E-state index is 11.1. The van der Waals surface area contributed by atoms with Crippen molar-refractivity contribution in [2.45, 2.75) is 20.8 Å². The average Bonchev–Trinajstić information content (AvgIpc) is 2.59. The maximum absolute atomic E-state index is 11.1. The SMILES string of the molecule is Cc1ccsc1N(C)CC(C(=O)O)C(C)C. The fourth-order valence-electron chi connectivity index (χ4n) is 1.71. The Labute approximate surface area is 101 Å². The van der Waals surface area contributed by atoms with Gasteiger partial charge in [0.25, 0.3) is 0 Å². The van der Waals surface area contributed by atoms with Crippen LogP contribution in [0.4, 0.5) is 5.00 Å². The van der Waals surface area contributed by atoms with Crippen LogP contribution in [-0.4, -0.2) is 24.7 Å². The Morgan fingerprint density at radius 2 is 2.19 bits per heavy atom. The number of carboxylic acid groups (broad SMARTS) is 1. The summed E-state index contributed by atoms with van der Waals surface area (Å²) in [5.74, 6) is -0.872. The smallest absolute Gasteiger partial charge is 0.308 e. The maximum Gasteiger partial charge on any atom is 0.308 e. The molecule has 0 aromatic carbocycles. The molecule has 1 unspecified atom stereocenters. The molecular formula is C12H19NO2S. The van der Waals surface area contributed by atoms with Crippen molar-refractivity contribution in [1.82, 2.24) is 0 Å². The first-order chi connectivity index (χ1) is 7.43. The predicted octanol–water partition coefficient (Wildman–Crippen LogP) is 2.85. The number of carboxylic acids is 1. The van der Waals surface area contributed by atoms with E-state index in [4.69, 9.17) is 5.11 Å². The van der Waals surface area contributed by atoms with Gasteiger partial charge in [-0.05, 0) is 29.9 Å². The third-order valence-electron chi connectivity index (χ3n) is 2.77. The summed E-state index contributed by atoms with van der Waals surface area (Å²) in [7, 11) is 1.96. The average molecular weight is 241 g/mol. The summed E-state index contributed by atoms with van der Waals surface area (Å²) in [4.78, 5) is 13.1. The molecule has 0 radical (unpaired) electrons. The van der Waals surface area contributed by atoms with Crippen molar-refractivity contribution in [2.75, 3.05) is 18.5 Å². The molecule has 1 heterocycles. The van der Waals surface area contributed by atoms with Crippen LogP contribution < -0.4 is 4.90 Å². The fourth-order valence-corrected chi connectivity index (χ4v) is 2.62. The van der Waals surface area contributed by atoms with Crippen LogP contribution in [-0.2, 0) is 4.79 Å². The number of aryl methyl sites for hydroxylation is 1. The second kappa shape index (κ2) is 5.34. The number of nitrogens with zero attached hydrogens (tertiary/aromatic N) is 1. The molecule has 1 atom stereocenters. The summed E-state index contributed by atoms with van der Waals surface area (Å²) in [5.41, 5.74) is 1.21. The Hall–Kier alpha value is -1.03. The lowest BCUT2D eigenvalue weighted by atomic mass is 9.95. The van der Waals surface area contributed by atoms with E-state index in [0.717, 1.165) is 5.00 Å². The molecule has 0 aliphatic heterocycles. The first-order valence-corrected chi connectivity index (χ1v) is 6.29. The number of anilines is 1. The number of aliphatic carboxylic acids is 1. The second-order valence-electron chi connectivity index (χ2n) is 4.48. The van der Waals surface area contributed by atoms with Crippen LogP contribution in [0.3, 0.4) is 0 Å². The van der Waals surface area contributed by atoms with Crippen LogP contribution in [0.1, 0.15) is 19.4 Å². The minimum Gasteiger partial charge on any atom is -0.481 e. The lowest BCUT2D eigenvalue weighted by molar-refractivity contribution is -0.142. The van der Waals surface area contributed by atoms with Crippen LogP contribution in [0.5, 0.6) is 0 Å². The molecule has 0 bridgehead atoms. The van der Waals surface area contributed by atoms with Crippen molar-refractivity contribution in [2.24, 2.45) is 11.8 Å². The van der Waals surface area contributed by atoms with Crippen molar-refractivity contribution in [3.63, 3.8) is 0 Å². The van der Waals surface area contributed by atoms with Gasteiger partial charge in [0.05, 0.1) is 10.9 Å². The summed E-state index contributed by atoms with van der Waals surface area (Å²) in [5, 5.41) is 12.3. The zero-order chi connectivity index (χ0) is 12.3. The van der Waals surface area contributed by atoms with Gasteiger partial charge in [0.15, 0.2) is 0 Å². The van der Waals surface area contributed by atoms with E-state index >= 15 is 0 Å². The minimum atomic E-state index is -0.712. The largest absolute Gasteiger partial charge is 0.481 e. The van der Waals surface area contributed by atoms with Crippen molar-refractivity contribution in [3.8, 4) is 0 Å². The van der Waals surface area contributed by atoms with Gasteiger partial charge in [-0.1, -0.05) is 13.8 Å². The molecule has 16 heavy (non-hydrogen) atoms. The van der Waals surface area contributed by atoms with E-state index < -0.39 is 5.97 Å². The number of rotatable bonds is 5. The first-order valence-electron chi connectivity index (χ1n) is 5.41. The number of hydrogen-bond acceptors (Lipinski definition) is 3. The summed E-state index contributed by atoms with van der Waals surface area (Å²) in [6, 6.07) is 2.06. The standard InChI is InChI=1S/C12H19NO2S/c1-8(2)10(12(14)15)7-13(4)11-9(3)5-6-16-11/h5-6,8,10H,7H2,1-4H3,(H,14,15). The predicted molar refractivity (Wildman–Crippen MR) is 68.3 cm³/mol. The first kappa shape index (κ1) is 13.0. The highest BCUT2D eigenvalue weighted by molar-refractivity contribution is 7.14. The minimum absolute atomic E-state index is 0.153. The highest BCUT2D eigenvalue weighted by atomic mass is 32.1. The molecule has 90 valence electrons. The van der Waals surface area contributed by atoms with E-state index in [0.29, 0.717) is 6.54 Å². The molecule has 1 rings (SSSR count). The van der Waals surface area contributed by atoms with Gasteiger partial charge in [0, 0.05) is 13.6 Å². The van der Waals surface area contributed by atoms with E-state index in [1.807, 2.05) is 38.1 Å². The van der Waals surface area contributed by atoms with Crippen molar-refractivity contribution >= 4 is 22.3 Å². The lowest BCUT2D eigenvalue weighted by Crippen LogP contribution is -2.33. The molecule has 0 amide bonds. The molecule has 0 saturated heterocycles. The Morgan fingerprint density at radius 1 is 1.56 bits per heavy atom. The van der Waals surface area contributed by atoms with Crippen molar-refractivity contribution in [1.29, 1.82) is 0 Å². The zero-order valence-corrected chi connectivity index (χ0v) is 11.0. The van der Waals surface area contributed by atoms with Crippen LogP contribution >= 0.6 is 11.3 Å². The van der Waals surface area contributed by atoms with E-state index in [2.05, 4.69) is 6.07 Å². The van der Waals surface area contributed by atoms with Gasteiger partial charge in [-0.3, -0.25) is 4.79 Å². The highest BCUT2D eigenvalue weighted by Gasteiger charge is 2.23. The van der Waals surface area contributed by atoms with Crippen molar-refractivity contribution in [3.05, 3.63) is 17.0 Å². The quantitative estimate of drug-likeness (QED) is 0.861.